The molecule has 1 saturated heterocycles. The lowest BCUT2D eigenvalue weighted by atomic mass is 10.1. The number of fused-ring (bicyclic) bond motifs is 1. The first-order chi connectivity index (χ1) is 13.1. The van der Waals surface area contributed by atoms with Gasteiger partial charge < -0.3 is 9.80 Å². The van der Waals surface area contributed by atoms with Crippen LogP contribution in [0.3, 0.4) is 0 Å². The van der Waals surface area contributed by atoms with Crippen molar-refractivity contribution in [3.63, 3.8) is 0 Å². The van der Waals surface area contributed by atoms with Gasteiger partial charge >= 0.3 is 0 Å². The number of hydrogen-bond acceptors (Lipinski definition) is 3. The molecule has 2 aliphatic rings. The molecular weight excluding hydrogens is 365 g/mol. The van der Waals surface area contributed by atoms with Crippen LogP contribution in [-0.4, -0.2) is 50.1 Å². The molecule has 4 nitrogen and oxygen atoms in total. The molecule has 0 unspecified atom stereocenters. The number of carbonyl (C=O) groups is 1. The van der Waals surface area contributed by atoms with Gasteiger partial charge in [0.15, 0.2) is 0 Å². The Balaban J connectivity index is 1.28. The molecule has 2 aromatic carbocycles. The van der Waals surface area contributed by atoms with Crippen LogP contribution in [0.4, 0.5) is 15.8 Å². The van der Waals surface area contributed by atoms with E-state index in [2.05, 4.69) is 15.9 Å². The maximum atomic E-state index is 13.3. The van der Waals surface area contributed by atoms with E-state index in [0.717, 1.165) is 61.1 Å². The van der Waals surface area contributed by atoms with Crippen LogP contribution in [0.25, 0.3) is 0 Å². The molecule has 2 heterocycles. The van der Waals surface area contributed by atoms with Crippen molar-refractivity contribution in [1.82, 2.24) is 4.90 Å². The second-order valence-corrected chi connectivity index (χ2v) is 7.51. The second-order valence-electron chi connectivity index (χ2n) is 7.10. The van der Waals surface area contributed by atoms with Crippen molar-refractivity contribution in [2.75, 3.05) is 49.1 Å². The Morgan fingerprint density at radius 3 is 2.56 bits per heavy atom. The van der Waals surface area contributed by atoms with Gasteiger partial charge in [-0.3, -0.25) is 9.69 Å². The predicted molar refractivity (Wildman–Crippen MR) is 107 cm³/mol. The van der Waals surface area contributed by atoms with Crippen LogP contribution in [0, 0.1) is 5.82 Å². The molecular formula is C21H23ClFN3O. The SMILES string of the molecule is O=C(CCN1CCN(c2ccccc2Cl)CC1)N1CCc2cc(F)ccc21. The Labute approximate surface area is 164 Å². The molecule has 0 aliphatic carbocycles. The fraction of sp³-hybridized carbons (Fsp3) is 0.381. The van der Waals surface area contributed by atoms with Crippen molar-refractivity contribution in [2.45, 2.75) is 12.8 Å². The molecule has 1 fully saturated rings. The minimum Gasteiger partial charge on any atom is -0.368 e. The van der Waals surface area contributed by atoms with Crippen LogP contribution in [-0.2, 0) is 11.2 Å². The van der Waals surface area contributed by atoms with Crippen molar-refractivity contribution in [1.29, 1.82) is 0 Å². The van der Waals surface area contributed by atoms with E-state index < -0.39 is 0 Å². The summed E-state index contributed by atoms with van der Waals surface area (Å²) >= 11 is 6.29. The second kappa shape index (κ2) is 7.87. The van der Waals surface area contributed by atoms with Gasteiger partial charge in [-0.15, -0.1) is 0 Å². The van der Waals surface area contributed by atoms with E-state index in [1.807, 2.05) is 18.2 Å². The number of halogens is 2. The summed E-state index contributed by atoms with van der Waals surface area (Å²) in [4.78, 5) is 19.1. The first-order valence-electron chi connectivity index (χ1n) is 9.42. The van der Waals surface area contributed by atoms with E-state index in [0.29, 0.717) is 13.0 Å². The summed E-state index contributed by atoms with van der Waals surface area (Å²) in [7, 11) is 0. The van der Waals surface area contributed by atoms with Crippen molar-refractivity contribution in [3.05, 3.63) is 58.9 Å². The zero-order chi connectivity index (χ0) is 18.8. The first kappa shape index (κ1) is 18.3. The zero-order valence-corrected chi connectivity index (χ0v) is 16.0. The molecule has 0 bridgehead atoms. The highest BCUT2D eigenvalue weighted by Gasteiger charge is 2.26. The minimum absolute atomic E-state index is 0.119. The van der Waals surface area contributed by atoms with Crippen LogP contribution < -0.4 is 9.80 Å². The molecule has 0 N–H and O–H groups in total. The van der Waals surface area contributed by atoms with Gasteiger partial charge in [-0.25, -0.2) is 4.39 Å². The number of para-hydroxylation sites is 1. The Kier molecular flexibility index (Phi) is 5.32. The van der Waals surface area contributed by atoms with Crippen LogP contribution in [0.1, 0.15) is 12.0 Å². The van der Waals surface area contributed by atoms with E-state index in [9.17, 15) is 9.18 Å². The van der Waals surface area contributed by atoms with Gasteiger partial charge in [-0.05, 0) is 42.3 Å². The molecule has 6 heteroatoms. The number of carbonyl (C=O) groups excluding carboxylic acids is 1. The number of rotatable bonds is 4. The summed E-state index contributed by atoms with van der Waals surface area (Å²) in [6.45, 7) is 5.05. The lowest BCUT2D eigenvalue weighted by molar-refractivity contribution is -0.118. The molecule has 4 rings (SSSR count). The molecule has 2 aromatic rings. The average molecular weight is 388 g/mol. The monoisotopic (exact) mass is 387 g/mol. The van der Waals surface area contributed by atoms with Gasteiger partial charge in [0.2, 0.25) is 5.91 Å². The Hall–Kier alpha value is -2.11. The van der Waals surface area contributed by atoms with Crippen molar-refractivity contribution in [3.8, 4) is 0 Å². The predicted octanol–water partition coefficient (Wildman–Crippen LogP) is 3.58. The van der Waals surface area contributed by atoms with Crippen molar-refractivity contribution < 1.29 is 9.18 Å². The summed E-state index contributed by atoms with van der Waals surface area (Å²) < 4.78 is 13.3. The molecule has 0 radical (unpaired) electrons. The first-order valence-corrected chi connectivity index (χ1v) is 9.80. The van der Waals surface area contributed by atoms with E-state index in [-0.39, 0.29) is 11.7 Å². The molecule has 1 amide bonds. The van der Waals surface area contributed by atoms with E-state index in [1.54, 1.807) is 11.0 Å². The topological polar surface area (TPSA) is 26.8 Å². The van der Waals surface area contributed by atoms with Crippen LogP contribution in [0.15, 0.2) is 42.5 Å². The van der Waals surface area contributed by atoms with Gasteiger partial charge in [-0.1, -0.05) is 23.7 Å². The fourth-order valence-electron chi connectivity index (χ4n) is 3.94. The largest absolute Gasteiger partial charge is 0.368 e. The normalized spacial score (nSPS) is 17.3. The van der Waals surface area contributed by atoms with E-state index in [4.69, 9.17) is 11.6 Å². The molecule has 0 saturated carbocycles. The maximum absolute atomic E-state index is 13.3. The fourth-order valence-corrected chi connectivity index (χ4v) is 4.19. The zero-order valence-electron chi connectivity index (χ0n) is 15.2. The maximum Gasteiger partial charge on any atom is 0.228 e. The van der Waals surface area contributed by atoms with E-state index >= 15 is 0 Å². The third-order valence-corrected chi connectivity index (χ3v) is 5.77. The minimum atomic E-state index is -0.237. The summed E-state index contributed by atoms with van der Waals surface area (Å²) in [5, 5.41) is 0.783. The number of anilines is 2. The summed E-state index contributed by atoms with van der Waals surface area (Å²) in [5.74, 6) is -0.117. The molecule has 0 aromatic heterocycles. The summed E-state index contributed by atoms with van der Waals surface area (Å²) in [6.07, 6.45) is 1.22. The van der Waals surface area contributed by atoms with Crippen LogP contribution >= 0.6 is 11.6 Å². The third-order valence-electron chi connectivity index (χ3n) is 5.45. The number of nitrogens with zero attached hydrogens (tertiary/aromatic N) is 3. The highest BCUT2D eigenvalue weighted by atomic mass is 35.5. The highest BCUT2D eigenvalue weighted by Crippen LogP contribution is 2.29. The van der Waals surface area contributed by atoms with Gasteiger partial charge in [0.05, 0.1) is 10.7 Å². The van der Waals surface area contributed by atoms with Gasteiger partial charge in [-0.2, -0.15) is 0 Å². The van der Waals surface area contributed by atoms with Gasteiger partial charge in [0.1, 0.15) is 5.82 Å². The third kappa shape index (κ3) is 3.94. The smallest absolute Gasteiger partial charge is 0.228 e. The van der Waals surface area contributed by atoms with Gasteiger partial charge in [0.25, 0.3) is 0 Å². The number of benzene rings is 2. The molecule has 0 atom stereocenters. The molecule has 27 heavy (non-hydrogen) atoms. The Bertz CT molecular complexity index is 836. The average Bonchev–Trinajstić information content (AvgIpc) is 3.10. The lowest BCUT2D eigenvalue weighted by Gasteiger charge is -2.36. The van der Waals surface area contributed by atoms with Crippen molar-refractivity contribution in [2.24, 2.45) is 0 Å². The summed E-state index contributed by atoms with van der Waals surface area (Å²) in [5.41, 5.74) is 2.87. The number of amides is 1. The quantitative estimate of drug-likeness (QED) is 0.802. The molecule has 142 valence electrons. The Morgan fingerprint density at radius 1 is 1.00 bits per heavy atom. The van der Waals surface area contributed by atoms with Gasteiger partial charge in [0, 0.05) is 51.4 Å². The highest BCUT2D eigenvalue weighted by molar-refractivity contribution is 6.33. The van der Waals surface area contributed by atoms with E-state index in [1.165, 1.54) is 12.1 Å². The molecule has 2 aliphatic heterocycles. The Morgan fingerprint density at radius 2 is 1.78 bits per heavy atom. The molecule has 0 spiro atoms. The number of hydrogen-bond donors (Lipinski definition) is 0. The number of piperazine rings is 1. The lowest BCUT2D eigenvalue weighted by Crippen LogP contribution is -2.47. The van der Waals surface area contributed by atoms with Crippen molar-refractivity contribution >= 4 is 28.9 Å². The standard InChI is InChI=1S/C21H23ClFN3O/c22-18-3-1-2-4-20(18)25-13-11-24(12-14-25)9-8-21(27)26-10-7-16-15-17(23)5-6-19(16)26/h1-6,15H,7-14H2. The summed E-state index contributed by atoms with van der Waals surface area (Å²) in [6, 6.07) is 12.6. The van der Waals surface area contributed by atoms with Crippen LogP contribution in [0.5, 0.6) is 0 Å². The van der Waals surface area contributed by atoms with Crippen LogP contribution in [0.2, 0.25) is 5.02 Å².